The molecule has 0 bridgehead atoms. The summed E-state index contributed by atoms with van der Waals surface area (Å²) in [7, 11) is 0. The van der Waals surface area contributed by atoms with E-state index in [1.165, 1.54) is 0 Å². The van der Waals surface area contributed by atoms with E-state index in [0.29, 0.717) is 17.1 Å². The summed E-state index contributed by atoms with van der Waals surface area (Å²) in [5, 5.41) is 12.0. The zero-order valence-electron chi connectivity index (χ0n) is 11.4. The van der Waals surface area contributed by atoms with E-state index < -0.39 is 0 Å². The minimum absolute atomic E-state index is 0.137. The van der Waals surface area contributed by atoms with Gasteiger partial charge in [0.05, 0.1) is 17.4 Å². The van der Waals surface area contributed by atoms with Gasteiger partial charge in [-0.05, 0) is 44.2 Å². The fourth-order valence-corrected chi connectivity index (χ4v) is 1.70. The number of hydrogen-bond donors (Lipinski definition) is 2. The number of ether oxygens (including phenoxy) is 1. The second-order valence-electron chi connectivity index (χ2n) is 4.55. The van der Waals surface area contributed by atoms with Gasteiger partial charge in [-0.15, -0.1) is 0 Å². The fraction of sp³-hybridized carbons (Fsp3) is 0.200. The molecule has 0 aliphatic heterocycles. The molecule has 1 heterocycles. The van der Waals surface area contributed by atoms with E-state index in [1.807, 2.05) is 44.2 Å². The number of hydrogen-bond acceptors (Lipinski definition) is 5. The Bertz CT molecular complexity index is 629. The van der Waals surface area contributed by atoms with Crippen molar-refractivity contribution < 1.29 is 4.74 Å². The van der Waals surface area contributed by atoms with E-state index in [0.717, 1.165) is 11.4 Å². The molecule has 102 valence electrons. The van der Waals surface area contributed by atoms with Crippen molar-refractivity contribution in [3.05, 3.63) is 42.1 Å². The van der Waals surface area contributed by atoms with Crippen LogP contribution in [0.1, 0.15) is 19.4 Å². The number of pyridine rings is 1. The average Bonchev–Trinajstić information content (AvgIpc) is 2.43. The van der Waals surface area contributed by atoms with Gasteiger partial charge in [0, 0.05) is 11.9 Å². The lowest BCUT2D eigenvalue weighted by Gasteiger charge is -2.12. The molecule has 5 nitrogen and oxygen atoms in total. The van der Waals surface area contributed by atoms with Gasteiger partial charge in [-0.1, -0.05) is 0 Å². The Morgan fingerprint density at radius 1 is 1.25 bits per heavy atom. The first-order chi connectivity index (χ1) is 9.60. The summed E-state index contributed by atoms with van der Waals surface area (Å²) in [6.45, 7) is 3.95. The maximum absolute atomic E-state index is 8.93. The van der Waals surface area contributed by atoms with E-state index in [2.05, 4.69) is 10.3 Å². The number of anilines is 3. The van der Waals surface area contributed by atoms with Gasteiger partial charge in [0.25, 0.3) is 0 Å². The summed E-state index contributed by atoms with van der Waals surface area (Å²) < 4.78 is 5.57. The number of aromatic nitrogens is 1. The number of nitriles is 1. The lowest BCUT2D eigenvalue weighted by atomic mass is 10.2. The van der Waals surface area contributed by atoms with E-state index >= 15 is 0 Å². The van der Waals surface area contributed by atoms with E-state index in [4.69, 9.17) is 15.7 Å². The summed E-state index contributed by atoms with van der Waals surface area (Å²) in [6, 6.07) is 11.1. The molecule has 1 aromatic carbocycles. The number of nitrogen functional groups attached to an aromatic ring is 1. The normalized spacial score (nSPS) is 10.1. The summed E-state index contributed by atoms with van der Waals surface area (Å²) in [4.78, 5) is 4.13. The van der Waals surface area contributed by atoms with Crippen LogP contribution in [0.2, 0.25) is 0 Å². The van der Waals surface area contributed by atoms with Crippen molar-refractivity contribution in [2.45, 2.75) is 20.0 Å². The van der Waals surface area contributed by atoms with Crippen LogP contribution < -0.4 is 15.8 Å². The highest BCUT2D eigenvalue weighted by molar-refractivity contribution is 5.73. The third kappa shape index (κ3) is 3.18. The molecular weight excluding hydrogens is 252 g/mol. The van der Waals surface area contributed by atoms with Gasteiger partial charge in [-0.3, -0.25) is 0 Å². The molecule has 0 saturated heterocycles. The first kappa shape index (κ1) is 13.7. The molecular formula is C15H16N4O. The van der Waals surface area contributed by atoms with Crippen molar-refractivity contribution in [3.8, 4) is 11.8 Å². The molecule has 0 saturated carbocycles. The third-order valence-corrected chi connectivity index (χ3v) is 2.60. The molecule has 1 aromatic heterocycles. The van der Waals surface area contributed by atoms with Crippen LogP contribution in [-0.4, -0.2) is 11.1 Å². The molecule has 0 fully saturated rings. The summed E-state index contributed by atoms with van der Waals surface area (Å²) in [5.74, 6) is 1.28. The third-order valence-electron chi connectivity index (χ3n) is 2.60. The first-order valence-electron chi connectivity index (χ1n) is 6.28. The Kier molecular flexibility index (Phi) is 4.06. The second kappa shape index (κ2) is 5.93. The highest BCUT2D eigenvalue weighted by Gasteiger charge is 2.06. The Labute approximate surface area is 118 Å². The minimum atomic E-state index is 0.137. The summed E-state index contributed by atoms with van der Waals surface area (Å²) in [6.07, 6.45) is 1.69. The van der Waals surface area contributed by atoms with Gasteiger partial charge in [-0.2, -0.15) is 5.26 Å². The standard InChI is InChI=1S/C15H16N4O/c1-10(2)20-13-5-3-12(4-6-13)19-15-14(17)11(9-16)7-8-18-15/h3-8,10H,17H2,1-2H3,(H,18,19). The molecule has 0 aliphatic rings. The quantitative estimate of drug-likeness (QED) is 0.890. The van der Waals surface area contributed by atoms with Gasteiger partial charge in [0.15, 0.2) is 5.82 Å². The molecule has 0 amide bonds. The maximum atomic E-state index is 8.93. The van der Waals surface area contributed by atoms with Crippen molar-refractivity contribution in [2.75, 3.05) is 11.1 Å². The van der Waals surface area contributed by atoms with Crippen LogP contribution >= 0.6 is 0 Å². The molecule has 0 aliphatic carbocycles. The van der Waals surface area contributed by atoms with Crippen LogP contribution in [0.15, 0.2) is 36.5 Å². The van der Waals surface area contributed by atoms with Crippen LogP contribution in [0, 0.1) is 11.3 Å². The number of rotatable bonds is 4. The lowest BCUT2D eigenvalue weighted by molar-refractivity contribution is 0.242. The van der Waals surface area contributed by atoms with E-state index in [1.54, 1.807) is 12.3 Å². The van der Waals surface area contributed by atoms with Crippen molar-refractivity contribution >= 4 is 17.2 Å². The van der Waals surface area contributed by atoms with Gasteiger partial charge in [-0.25, -0.2) is 4.98 Å². The van der Waals surface area contributed by atoms with Crippen molar-refractivity contribution in [1.29, 1.82) is 5.26 Å². The van der Waals surface area contributed by atoms with Crippen molar-refractivity contribution in [3.63, 3.8) is 0 Å². The van der Waals surface area contributed by atoms with E-state index in [-0.39, 0.29) is 6.10 Å². The Balaban J connectivity index is 2.17. The average molecular weight is 268 g/mol. The van der Waals surface area contributed by atoms with Gasteiger partial charge >= 0.3 is 0 Å². The Hall–Kier alpha value is -2.74. The molecule has 0 radical (unpaired) electrons. The van der Waals surface area contributed by atoms with Crippen LogP contribution in [0.5, 0.6) is 5.75 Å². The molecule has 0 spiro atoms. The fourth-order valence-electron chi connectivity index (χ4n) is 1.70. The molecule has 0 unspecified atom stereocenters. The lowest BCUT2D eigenvalue weighted by Crippen LogP contribution is -2.05. The number of nitrogens with zero attached hydrogens (tertiary/aromatic N) is 2. The predicted octanol–water partition coefficient (Wildman–Crippen LogP) is 3.07. The second-order valence-corrected chi connectivity index (χ2v) is 4.55. The summed E-state index contributed by atoms with van der Waals surface area (Å²) in [5.41, 5.74) is 7.44. The zero-order chi connectivity index (χ0) is 14.5. The Morgan fingerprint density at radius 2 is 1.95 bits per heavy atom. The molecule has 20 heavy (non-hydrogen) atoms. The minimum Gasteiger partial charge on any atom is -0.491 e. The van der Waals surface area contributed by atoms with Gasteiger partial charge in [0.1, 0.15) is 11.8 Å². The van der Waals surface area contributed by atoms with Crippen LogP contribution in [0.4, 0.5) is 17.2 Å². The van der Waals surface area contributed by atoms with Gasteiger partial charge < -0.3 is 15.8 Å². The van der Waals surface area contributed by atoms with Crippen LogP contribution in [0.3, 0.4) is 0 Å². The van der Waals surface area contributed by atoms with Crippen molar-refractivity contribution in [2.24, 2.45) is 0 Å². The number of benzene rings is 1. The van der Waals surface area contributed by atoms with Crippen molar-refractivity contribution in [1.82, 2.24) is 4.98 Å². The molecule has 3 N–H and O–H groups in total. The van der Waals surface area contributed by atoms with E-state index in [9.17, 15) is 0 Å². The first-order valence-corrected chi connectivity index (χ1v) is 6.28. The smallest absolute Gasteiger partial charge is 0.154 e. The molecule has 5 heteroatoms. The monoisotopic (exact) mass is 268 g/mol. The topological polar surface area (TPSA) is 84.0 Å². The Morgan fingerprint density at radius 3 is 2.55 bits per heavy atom. The van der Waals surface area contributed by atoms with Crippen LogP contribution in [0.25, 0.3) is 0 Å². The number of nitrogens with two attached hydrogens (primary N) is 1. The molecule has 2 rings (SSSR count). The van der Waals surface area contributed by atoms with Crippen LogP contribution in [-0.2, 0) is 0 Å². The SMILES string of the molecule is CC(C)Oc1ccc(Nc2nccc(C#N)c2N)cc1. The molecule has 0 atom stereocenters. The maximum Gasteiger partial charge on any atom is 0.154 e. The highest BCUT2D eigenvalue weighted by atomic mass is 16.5. The summed E-state index contributed by atoms with van der Waals surface area (Å²) >= 11 is 0. The molecule has 2 aromatic rings. The highest BCUT2D eigenvalue weighted by Crippen LogP contribution is 2.24. The zero-order valence-corrected chi connectivity index (χ0v) is 11.4. The predicted molar refractivity (Wildman–Crippen MR) is 78.9 cm³/mol. The largest absolute Gasteiger partial charge is 0.491 e. The number of nitrogens with one attached hydrogen (secondary N) is 1. The van der Waals surface area contributed by atoms with Gasteiger partial charge in [0.2, 0.25) is 0 Å².